The first-order chi connectivity index (χ1) is 9.17. The molecule has 6 heteroatoms. The molecule has 0 aliphatic carbocycles. The van der Waals surface area contributed by atoms with Crippen LogP contribution in [0.5, 0.6) is 0 Å². The summed E-state index contributed by atoms with van der Waals surface area (Å²) in [6.45, 7) is 7.37. The highest BCUT2D eigenvalue weighted by atomic mass is 32.2. The number of carbonyl (C=O) groups is 2. The summed E-state index contributed by atoms with van der Waals surface area (Å²) >= 11 is 1.52. The Morgan fingerprint density at radius 2 is 1.90 bits per heavy atom. The quantitative estimate of drug-likeness (QED) is 0.897. The Morgan fingerprint density at radius 1 is 1.25 bits per heavy atom. The summed E-state index contributed by atoms with van der Waals surface area (Å²) in [6, 6.07) is 4.06. The molecule has 1 aromatic rings. The minimum absolute atomic E-state index is 0.00147. The second-order valence-electron chi connectivity index (χ2n) is 5.33. The van der Waals surface area contributed by atoms with Gasteiger partial charge in [0.1, 0.15) is 5.82 Å². The molecule has 2 N–H and O–H groups in total. The summed E-state index contributed by atoms with van der Waals surface area (Å²) in [6.07, 6.45) is 0. The Hall–Kier alpha value is -1.56. The molecule has 0 heterocycles. The number of amides is 2. The molecular weight excluding hydrogens is 279 g/mol. The van der Waals surface area contributed by atoms with Crippen LogP contribution >= 0.6 is 11.8 Å². The molecule has 1 rings (SSSR count). The molecule has 0 fully saturated rings. The van der Waals surface area contributed by atoms with Gasteiger partial charge in [-0.3, -0.25) is 9.59 Å². The monoisotopic (exact) mass is 298 g/mol. The van der Waals surface area contributed by atoms with Crippen molar-refractivity contribution in [2.24, 2.45) is 0 Å². The van der Waals surface area contributed by atoms with Crippen LogP contribution in [0.1, 0.15) is 27.7 Å². The fraction of sp³-hybridized carbons (Fsp3) is 0.429. The van der Waals surface area contributed by atoms with Gasteiger partial charge in [-0.25, -0.2) is 4.39 Å². The molecule has 110 valence electrons. The molecule has 0 spiro atoms. The molecule has 1 aromatic carbocycles. The van der Waals surface area contributed by atoms with Crippen LogP contribution in [0.4, 0.5) is 15.8 Å². The average Bonchev–Trinajstić information content (AvgIpc) is 2.29. The topological polar surface area (TPSA) is 58.2 Å². The number of anilines is 2. The minimum atomic E-state index is -0.540. The molecule has 0 saturated heterocycles. The lowest BCUT2D eigenvalue weighted by Gasteiger charge is -2.17. The van der Waals surface area contributed by atoms with Crippen LogP contribution in [-0.4, -0.2) is 22.3 Å². The van der Waals surface area contributed by atoms with Crippen LogP contribution in [0.15, 0.2) is 18.2 Å². The van der Waals surface area contributed by atoms with Crippen LogP contribution < -0.4 is 10.6 Å². The maximum atomic E-state index is 13.4. The maximum Gasteiger partial charge on any atom is 0.234 e. The maximum absolute atomic E-state index is 13.4. The fourth-order valence-corrected chi connectivity index (χ4v) is 2.00. The van der Waals surface area contributed by atoms with E-state index in [-0.39, 0.29) is 22.2 Å². The number of rotatable bonds is 4. The number of benzene rings is 1. The van der Waals surface area contributed by atoms with Crippen molar-refractivity contribution in [2.45, 2.75) is 32.4 Å². The van der Waals surface area contributed by atoms with Crippen LogP contribution in [0.2, 0.25) is 0 Å². The molecule has 0 aliphatic rings. The molecule has 4 nitrogen and oxygen atoms in total. The van der Waals surface area contributed by atoms with Crippen LogP contribution in [0, 0.1) is 5.82 Å². The molecule has 0 aliphatic heterocycles. The second-order valence-corrected chi connectivity index (χ2v) is 7.13. The van der Waals surface area contributed by atoms with Crippen molar-refractivity contribution in [3.05, 3.63) is 24.0 Å². The number of hydrogen-bond acceptors (Lipinski definition) is 3. The van der Waals surface area contributed by atoms with Crippen molar-refractivity contribution in [3.8, 4) is 0 Å². The van der Waals surface area contributed by atoms with E-state index in [1.807, 2.05) is 20.8 Å². The summed E-state index contributed by atoms with van der Waals surface area (Å²) in [4.78, 5) is 22.7. The minimum Gasteiger partial charge on any atom is -0.325 e. The van der Waals surface area contributed by atoms with E-state index >= 15 is 0 Å². The van der Waals surface area contributed by atoms with Gasteiger partial charge in [-0.05, 0) is 18.2 Å². The van der Waals surface area contributed by atoms with Crippen LogP contribution in [0.25, 0.3) is 0 Å². The zero-order valence-electron chi connectivity index (χ0n) is 12.0. The highest BCUT2D eigenvalue weighted by molar-refractivity contribution is 8.01. The van der Waals surface area contributed by atoms with Crippen LogP contribution in [0.3, 0.4) is 0 Å². The Balaban J connectivity index is 2.68. The number of nitrogens with one attached hydrogen (secondary N) is 2. The first-order valence-electron chi connectivity index (χ1n) is 6.18. The summed E-state index contributed by atoms with van der Waals surface area (Å²) in [5, 5.41) is 5.05. The van der Waals surface area contributed by atoms with E-state index in [4.69, 9.17) is 0 Å². The van der Waals surface area contributed by atoms with Gasteiger partial charge in [0.2, 0.25) is 11.8 Å². The van der Waals surface area contributed by atoms with E-state index in [0.717, 1.165) is 0 Å². The van der Waals surface area contributed by atoms with E-state index in [9.17, 15) is 14.0 Å². The Labute approximate surface area is 122 Å². The molecule has 0 bridgehead atoms. The molecular formula is C14H19FN2O2S. The smallest absolute Gasteiger partial charge is 0.234 e. The van der Waals surface area contributed by atoms with Gasteiger partial charge in [-0.1, -0.05) is 20.8 Å². The lowest BCUT2D eigenvalue weighted by Crippen LogP contribution is -2.19. The van der Waals surface area contributed by atoms with Gasteiger partial charge in [-0.2, -0.15) is 0 Å². The van der Waals surface area contributed by atoms with Crippen molar-refractivity contribution in [1.29, 1.82) is 0 Å². The number of carbonyl (C=O) groups excluding carboxylic acids is 2. The highest BCUT2D eigenvalue weighted by Crippen LogP contribution is 2.24. The van der Waals surface area contributed by atoms with E-state index in [1.165, 1.54) is 36.9 Å². The normalized spacial score (nSPS) is 11.1. The Bertz CT molecular complexity index is 512. The first-order valence-corrected chi connectivity index (χ1v) is 7.17. The average molecular weight is 298 g/mol. The highest BCUT2D eigenvalue weighted by Gasteiger charge is 2.14. The van der Waals surface area contributed by atoms with Gasteiger partial charge in [0.25, 0.3) is 0 Å². The van der Waals surface area contributed by atoms with Crippen molar-refractivity contribution in [1.82, 2.24) is 0 Å². The third-order valence-electron chi connectivity index (χ3n) is 2.20. The van der Waals surface area contributed by atoms with Gasteiger partial charge < -0.3 is 10.6 Å². The fourth-order valence-electron chi connectivity index (χ4n) is 1.37. The van der Waals surface area contributed by atoms with Gasteiger partial charge in [-0.15, -0.1) is 11.8 Å². The summed E-state index contributed by atoms with van der Waals surface area (Å²) in [7, 11) is 0. The first kappa shape index (κ1) is 16.5. The summed E-state index contributed by atoms with van der Waals surface area (Å²) < 4.78 is 13.4. The van der Waals surface area contributed by atoms with Crippen molar-refractivity contribution < 1.29 is 14.0 Å². The lowest BCUT2D eigenvalue weighted by atomic mass is 10.2. The van der Waals surface area contributed by atoms with E-state index in [2.05, 4.69) is 10.6 Å². The largest absolute Gasteiger partial charge is 0.325 e. The third kappa shape index (κ3) is 6.06. The molecule has 0 saturated carbocycles. The third-order valence-corrected chi connectivity index (χ3v) is 3.47. The number of hydrogen-bond donors (Lipinski definition) is 2. The Morgan fingerprint density at radius 3 is 2.45 bits per heavy atom. The second kappa shape index (κ2) is 6.74. The van der Waals surface area contributed by atoms with Crippen molar-refractivity contribution in [3.63, 3.8) is 0 Å². The summed E-state index contributed by atoms with van der Waals surface area (Å²) in [5.41, 5.74) is 0.508. The van der Waals surface area contributed by atoms with E-state index in [0.29, 0.717) is 11.4 Å². The molecule has 0 unspecified atom stereocenters. The Kier molecular flexibility index (Phi) is 5.56. The summed E-state index contributed by atoms with van der Waals surface area (Å²) in [5.74, 6) is -0.751. The molecule has 0 atom stereocenters. The predicted octanol–water partition coefficient (Wildman–Crippen LogP) is 3.25. The van der Waals surface area contributed by atoms with Gasteiger partial charge in [0.05, 0.1) is 11.4 Å². The number of halogens is 1. The van der Waals surface area contributed by atoms with Crippen LogP contribution in [-0.2, 0) is 9.59 Å². The van der Waals surface area contributed by atoms with Gasteiger partial charge in [0, 0.05) is 17.4 Å². The standard InChI is InChI=1S/C14H19FN2O2S/c1-9(18)16-12-7-10(5-6-11(12)15)17-13(19)8-20-14(2,3)4/h5-7H,8H2,1-4H3,(H,16,18)(H,17,19). The van der Waals surface area contributed by atoms with Crippen molar-refractivity contribution >= 4 is 35.0 Å². The molecule has 0 aromatic heterocycles. The number of thioether (sulfide) groups is 1. The van der Waals surface area contributed by atoms with Gasteiger partial charge in [0.15, 0.2) is 0 Å². The van der Waals surface area contributed by atoms with E-state index < -0.39 is 5.82 Å². The zero-order chi connectivity index (χ0) is 15.3. The molecule has 20 heavy (non-hydrogen) atoms. The van der Waals surface area contributed by atoms with Crippen molar-refractivity contribution in [2.75, 3.05) is 16.4 Å². The van der Waals surface area contributed by atoms with Gasteiger partial charge >= 0.3 is 0 Å². The lowest BCUT2D eigenvalue weighted by molar-refractivity contribution is -0.114. The SMILES string of the molecule is CC(=O)Nc1cc(NC(=O)CSC(C)(C)C)ccc1F. The molecule has 2 amide bonds. The molecule has 0 radical (unpaired) electrons. The van der Waals surface area contributed by atoms with E-state index in [1.54, 1.807) is 0 Å². The predicted molar refractivity (Wildman–Crippen MR) is 81.5 cm³/mol. The zero-order valence-corrected chi connectivity index (χ0v) is 12.9.